The number of carbonyl (C=O) groups excluding carboxylic acids is 2. The Morgan fingerprint density at radius 3 is 2.73 bits per heavy atom. The molecule has 1 aromatic heterocycles. The van der Waals surface area contributed by atoms with Crippen LogP contribution in [0.2, 0.25) is 0 Å². The van der Waals surface area contributed by atoms with Gasteiger partial charge in [0.1, 0.15) is 11.7 Å². The lowest BCUT2D eigenvalue weighted by atomic mass is 10.2. The zero-order valence-electron chi connectivity index (χ0n) is 13.3. The minimum absolute atomic E-state index is 0.0762. The molecule has 2 heterocycles. The lowest BCUT2D eigenvalue weighted by Crippen LogP contribution is -2.46. The van der Waals surface area contributed by atoms with Gasteiger partial charge in [-0.25, -0.2) is 4.68 Å². The molecule has 2 rings (SSSR count). The van der Waals surface area contributed by atoms with Gasteiger partial charge in [-0.05, 0) is 25.3 Å². The van der Waals surface area contributed by atoms with Crippen molar-refractivity contribution >= 4 is 11.8 Å². The van der Waals surface area contributed by atoms with E-state index in [1.165, 1.54) is 21.7 Å². The van der Waals surface area contributed by atoms with Crippen LogP contribution in [0.15, 0.2) is 16.9 Å². The molecule has 0 bridgehead atoms. The number of hydrogen-bond acceptors (Lipinski definition) is 4. The van der Waals surface area contributed by atoms with E-state index < -0.39 is 6.04 Å². The normalized spacial score (nSPS) is 17.6. The van der Waals surface area contributed by atoms with E-state index in [1.807, 2.05) is 6.92 Å². The fourth-order valence-corrected chi connectivity index (χ4v) is 2.65. The average Bonchev–Trinajstić information content (AvgIpc) is 2.97. The summed E-state index contributed by atoms with van der Waals surface area (Å²) in [6.07, 6.45) is 2.22. The third-order valence-electron chi connectivity index (χ3n) is 3.76. The number of amides is 2. The van der Waals surface area contributed by atoms with E-state index in [1.54, 1.807) is 19.0 Å². The highest BCUT2D eigenvalue weighted by Gasteiger charge is 2.35. The molecule has 22 heavy (non-hydrogen) atoms. The molecule has 1 aliphatic rings. The van der Waals surface area contributed by atoms with Crippen molar-refractivity contribution in [2.45, 2.75) is 38.8 Å². The first-order valence-electron chi connectivity index (χ1n) is 7.56. The van der Waals surface area contributed by atoms with Crippen molar-refractivity contribution in [3.63, 3.8) is 0 Å². The van der Waals surface area contributed by atoms with Crippen molar-refractivity contribution in [2.75, 3.05) is 20.6 Å². The van der Waals surface area contributed by atoms with Crippen molar-refractivity contribution in [3.05, 3.63) is 28.2 Å². The zero-order chi connectivity index (χ0) is 16.3. The molecule has 1 saturated heterocycles. The molecular weight excluding hydrogens is 284 g/mol. The summed E-state index contributed by atoms with van der Waals surface area (Å²) in [4.78, 5) is 39.5. The molecule has 0 radical (unpaired) electrons. The third kappa shape index (κ3) is 3.18. The van der Waals surface area contributed by atoms with Crippen LogP contribution in [-0.2, 0) is 11.3 Å². The predicted octanol–water partition coefficient (Wildman–Crippen LogP) is 0.346. The highest BCUT2D eigenvalue weighted by molar-refractivity contribution is 5.96. The second kappa shape index (κ2) is 6.72. The largest absolute Gasteiger partial charge is 0.347 e. The fraction of sp³-hybridized carbons (Fsp3) is 0.600. The van der Waals surface area contributed by atoms with Crippen LogP contribution in [0.1, 0.15) is 36.7 Å². The van der Waals surface area contributed by atoms with Gasteiger partial charge in [0.15, 0.2) is 0 Å². The first-order valence-corrected chi connectivity index (χ1v) is 7.56. The molecule has 7 heteroatoms. The van der Waals surface area contributed by atoms with Crippen LogP contribution < -0.4 is 5.56 Å². The lowest BCUT2D eigenvalue weighted by Gasteiger charge is -2.26. The minimum Gasteiger partial charge on any atom is -0.347 e. The van der Waals surface area contributed by atoms with E-state index in [0.29, 0.717) is 19.5 Å². The average molecular weight is 306 g/mol. The van der Waals surface area contributed by atoms with Gasteiger partial charge < -0.3 is 9.80 Å². The molecule has 120 valence electrons. The van der Waals surface area contributed by atoms with Crippen molar-refractivity contribution in [3.8, 4) is 0 Å². The van der Waals surface area contributed by atoms with E-state index in [4.69, 9.17) is 0 Å². The maximum Gasteiger partial charge on any atom is 0.274 e. The number of aromatic nitrogens is 2. The van der Waals surface area contributed by atoms with Gasteiger partial charge in [-0.3, -0.25) is 14.4 Å². The molecule has 2 amide bonds. The summed E-state index contributed by atoms with van der Waals surface area (Å²) in [6, 6.07) is 2.36. The Kier molecular flexibility index (Phi) is 4.95. The van der Waals surface area contributed by atoms with E-state index >= 15 is 0 Å². The Hall–Kier alpha value is -2.18. The molecule has 0 aliphatic carbocycles. The maximum atomic E-state index is 12.6. The highest BCUT2D eigenvalue weighted by Crippen LogP contribution is 2.20. The highest BCUT2D eigenvalue weighted by atomic mass is 16.2. The SMILES string of the molecule is CCCn1nc(C(=O)N2CCC[C@@H]2C(=O)N(C)C)ccc1=O. The molecule has 0 aromatic carbocycles. The molecule has 0 unspecified atom stereocenters. The van der Waals surface area contributed by atoms with Gasteiger partial charge in [0.05, 0.1) is 0 Å². The molecule has 0 spiro atoms. The minimum atomic E-state index is -0.434. The van der Waals surface area contributed by atoms with Crippen LogP contribution in [0, 0.1) is 0 Å². The summed E-state index contributed by atoms with van der Waals surface area (Å²) < 4.78 is 1.30. The van der Waals surface area contributed by atoms with Gasteiger partial charge in [0.2, 0.25) is 5.91 Å². The Morgan fingerprint density at radius 1 is 1.36 bits per heavy atom. The lowest BCUT2D eigenvalue weighted by molar-refractivity contribution is -0.132. The van der Waals surface area contributed by atoms with Crippen LogP contribution >= 0.6 is 0 Å². The Labute approximate surface area is 129 Å². The Balaban J connectivity index is 2.25. The van der Waals surface area contributed by atoms with Crippen molar-refractivity contribution < 1.29 is 9.59 Å². The Bertz CT molecular complexity index is 623. The van der Waals surface area contributed by atoms with Crippen LogP contribution in [0.25, 0.3) is 0 Å². The topological polar surface area (TPSA) is 75.5 Å². The van der Waals surface area contributed by atoms with Crippen molar-refractivity contribution in [1.82, 2.24) is 19.6 Å². The zero-order valence-corrected chi connectivity index (χ0v) is 13.3. The first kappa shape index (κ1) is 16.2. The van der Waals surface area contributed by atoms with Crippen molar-refractivity contribution in [2.24, 2.45) is 0 Å². The van der Waals surface area contributed by atoms with E-state index in [0.717, 1.165) is 12.8 Å². The molecule has 1 aliphatic heterocycles. The summed E-state index contributed by atoms with van der Waals surface area (Å²) in [5, 5.41) is 4.13. The number of hydrogen-bond donors (Lipinski definition) is 0. The third-order valence-corrected chi connectivity index (χ3v) is 3.76. The summed E-state index contributed by atoms with van der Waals surface area (Å²) in [6.45, 7) is 2.95. The van der Waals surface area contributed by atoms with Gasteiger partial charge in [0.25, 0.3) is 11.5 Å². The second-order valence-corrected chi connectivity index (χ2v) is 5.67. The molecule has 0 saturated carbocycles. The van der Waals surface area contributed by atoms with Crippen LogP contribution in [0.5, 0.6) is 0 Å². The Morgan fingerprint density at radius 2 is 2.09 bits per heavy atom. The van der Waals surface area contributed by atoms with Crippen molar-refractivity contribution in [1.29, 1.82) is 0 Å². The monoisotopic (exact) mass is 306 g/mol. The fourth-order valence-electron chi connectivity index (χ4n) is 2.65. The molecule has 0 N–H and O–H groups in total. The van der Waals surface area contributed by atoms with E-state index in [-0.39, 0.29) is 23.1 Å². The van der Waals surface area contributed by atoms with Crippen LogP contribution in [0.4, 0.5) is 0 Å². The quantitative estimate of drug-likeness (QED) is 0.804. The summed E-state index contributed by atoms with van der Waals surface area (Å²) in [5.41, 5.74) is -0.00718. The number of carbonyl (C=O) groups is 2. The number of aryl methyl sites for hydroxylation is 1. The second-order valence-electron chi connectivity index (χ2n) is 5.67. The number of rotatable bonds is 4. The van der Waals surface area contributed by atoms with Gasteiger partial charge in [0, 0.05) is 33.3 Å². The molecule has 1 aromatic rings. The van der Waals surface area contributed by atoms with Crippen LogP contribution in [0.3, 0.4) is 0 Å². The molecule has 7 nitrogen and oxygen atoms in total. The first-order chi connectivity index (χ1) is 10.5. The molecule has 1 atom stereocenters. The summed E-state index contributed by atoms with van der Waals surface area (Å²) >= 11 is 0. The summed E-state index contributed by atoms with van der Waals surface area (Å²) in [7, 11) is 3.37. The summed E-state index contributed by atoms with van der Waals surface area (Å²) in [5.74, 6) is -0.365. The van der Waals surface area contributed by atoms with Gasteiger partial charge in [-0.1, -0.05) is 6.92 Å². The van der Waals surface area contributed by atoms with Crippen LogP contribution in [-0.4, -0.2) is 58.1 Å². The van der Waals surface area contributed by atoms with E-state index in [9.17, 15) is 14.4 Å². The predicted molar refractivity (Wildman–Crippen MR) is 81.5 cm³/mol. The number of nitrogens with zero attached hydrogens (tertiary/aromatic N) is 4. The standard InChI is InChI=1S/C15H22N4O3/c1-4-9-19-13(20)8-7-11(16-19)14(21)18-10-5-6-12(18)15(22)17(2)3/h7-8,12H,4-6,9-10H2,1-3H3/t12-/m1/s1. The smallest absolute Gasteiger partial charge is 0.274 e. The van der Waals surface area contributed by atoms with E-state index in [2.05, 4.69) is 5.10 Å². The number of likely N-dealkylation sites (tertiary alicyclic amines) is 1. The molecular formula is C15H22N4O3. The molecule has 1 fully saturated rings. The van der Waals surface area contributed by atoms with Gasteiger partial charge >= 0.3 is 0 Å². The van der Waals surface area contributed by atoms with Gasteiger partial charge in [-0.15, -0.1) is 0 Å². The maximum absolute atomic E-state index is 12.6. The number of likely N-dealkylation sites (N-methyl/N-ethyl adjacent to an activating group) is 1. The van der Waals surface area contributed by atoms with Gasteiger partial charge in [-0.2, -0.15) is 5.10 Å².